The van der Waals surface area contributed by atoms with Crippen LogP contribution in [0.1, 0.15) is 46.9 Å². The Labute approximate surface area is 175 Å². The molecule has 2 fully saturated rings. The van der Waals surface area contributed by atoms with Gasteiger partial charge in [0.2, 0.25) is 0 Å². The number of aromatic amines is 1. The number of likely N-dealkylation sites (tertiary alicyclic amines) is 1. The number of amides is 1. The van der Waals surface area contributed by atoms with Crippen LogP contribution in [0.4, 0.5) is 5.69 Å². The molecular weight excluding hydrogens is 378 g/mol. The number of aryl methyl sites for hydroxylation is 2. The average Bonchev–Trinajstić information content (AvgIpc) is 3.11. The Morgan fingerprint density at radius 1 is 1.10 bits per heavy atom. The number of piperidine rings is 1. The summed E-state index contributed by atoms with van der Waals surface area (Å²) in [7, 11) is 0. The second-order valence-electron chi connectivity index (χ2n) is 8.61. The van der Waals surface area contributed by atoms with Crippen LogP contribution >= 0.6 is 0 Å². The normalized spacial score (nSPS) is 19.2. The van der Waals surface area contributed by atoms with E-state index in [1.54, 1.807) is 16.9 Å². The zero-order valence-electron chi connectivity index (χ0n) is 17.5. The van der Waals surface area contributed by atoms with Crippen LogP contribution in [0, 0.1) is 13.8 Å². The Morgan fingerprint density at radius 3 is 2.67 bits per heavy atom. The summed E-state index contributed by atoms with van der Waals surface area (Å²) in [5.41, 5.74) is 4.74. The Kier molecular flexibility index (Phi) is 4.60. The highest BCUT2D eigenvalue weighted by atomic mass is 16.2. The van der Waals surface area contributed by atoms with E-state index in [-0.39, 0.29) is 17.5 Å². The van der Waals surface area contributed by atoms with E-state index in [0.717, 1.165) is 54.5 Å². The molecule has 2 saturated heterocycles. The number of carbonyl (C=O) groups is 1. The third-order valence-electron chi connectivity index (χ3n) is 6.38. The zero-order chi connectivity index (χ0) is 20.8. The first-order valence-electron chi connectivity index (χ1n) is 10.7. The van der Waals surface area contributed by atoms with E-state index in [1.165, 1.54) is 5.56 Å². The van der Waals surface area contributed by atoms with Crippen molar-refractivity contribution in [1.29, 1.82) is 0 Å². The summed E-state index contributed by atoms with van der Waals surface area (Å²) in [6.45, 7) is 7.30. The van der Waals surface area contributed by atoms with Crippen molar-refractivity contribution in [2.24, 2.45) is 0 Å². The lowest BCUT2D eigenvalue weighted by molar-refractivity contribution is 0.0665. The Bertz CT molecular complexity index is 1170. The quantitative estimate of drug-likeness (QED) is 0.727. The standard InChI is InChI=1S/C23H27N5O2/c1-15-9-16(2)19-12-21(25-20(19)10-15)23(30)27-6-3-5-17(14-27)28-22(29)11-18(13-24-28)26-7-4-8-26/h9-13,17,25H,3-8,14H2,1-2H3/t17-/m0/s1. The molecule has 0 bridgehead atoms. The molecule has 2 aliphatic rings. The molecule has 0 aliphatic carbocycles. The Morgan fingerprint density at radius 2 is 1.93 bits per heavy atom. The van der Waals surface area contributed by atoms with Crippen LogP contribution in [-0.4, -0.2) is 51.8 Å². The third-order valence-corrected chi connectivity index (χ3v) is 6.38. The highest BCUT2D eigenvalue weighted by molar-refractivity contribution is 5.99. The molecule has 4 heterocycles. The van der Waals surface area contributed by atoms with Crippen LogP contribution in [0.3, 0.4) is 0 Å². The summed E-state index contributed by atoms with van der Waals surface area (Å²) in [4.78, 5) is 33.2. The minimum Gasteiger partial charge on any atom is -0.370 e. The van der Waals surface area contributed by atoms with Crippen LogP contribution in [0.2, 0.25) is 0 Å². The molecule has 1 atom stereocenters. The summed E-state index contributed by atoms with van der Waals surface area (Å²) in [6, 6.07) is 7.73. The number of carbonyl (C=O) groups excluding carboxylic acids is 1. The number of hydrogen-bond donors (Lipinski definition) is 1. The molecule has 1 amide bonds. The van der Waals surface area contributed by atoms with Crippen molar-refractivity contribution in [1.82, 2.24) is 19.7 Å². The molecule has 0 radical (unpaired) electrons. The van der Waals surface area contributed by atoms with Gasteiger partial charge in [-0.05, 0) is 56.4 Å². The molecule has 2 aliphatic heterocycles. The summed E-state index contributed by atoms with van der Waals surface area (Å²) in [6.07, 6.45) is 4.65. The van der Waals surface area contributed by atoms with Crippen molar-refractivity contribution < 1.29 is 4.79 Å². The van der Waals surface area contributed by atoms with Gasteiger partial charge < -0.3 is 14.8 Å². The second kappa shape index (κ2) is 7.31. The van der Waals surface area contributed by atoms with Gasteiger partial charge in [0, 0.05) is 43.1 Å². The van der Waals surface area contributed by atoms with Gasteiger partial charge in [-0.3, -0.25) is 9.59 Å². The number of H-pyrrole nitrogens is 1. The molecule has 30 heavy (non-hydrogen) atoms. The number of benzene rings is 1. The average molecular weight is 406 g/mol. The minimum absolute atomic E-state index is 0.0156. The molecule has 3 aromatic rings. The van der Waals surface area contributed by atoms with E-state index >= 15 is 0 Å². The fourth-order valence-electron chi connectivity index (χ4n) is 4.65. The molecule has 0 spiro atoms. The number of anilines is 1. The predicted molar refractivity (Wildman–Crippen MR) is 117 cm³/mol. The van der Waals surface area contributed by atoms with E-state index in [4.69, 9.17) is 0 Å². The van der Waals surface area contributed by atoms with Crippen molar-refractivity contribution in [3.8, 4) is 0 Å². The van der Waals surface area contributed by atoms with Crippen LogP contribution in [0.5, 0.6) is 0 Å². The van der Waals surface area contributed by atoms with Gasteiger partial charge in [-0.1, -0.05) is 6.07 Å². The molecule has 2 aromatic heterocycles. The second-order valence-corrected chi connectivity index (χ2v) is 8.61. The minimum atomic E-state index is -0.0889. The number of aromatic nitrogens is 3. The molecule has 0 unspecified atom stereocenters. The van der Waals surface area contributed by atoms with E-state index in [9.17, 15) is 9.59 Å². The maximum Gasteiger partial charge on any atom is 0.270 e. The van der Waals surface area contributed by atoms with E-state index in [0.29, 0.717) is 18.8 Å². The van der Waals surface area contributed by atoms with Gasteiger partial charge in [0.1, 0.15) is 5.69 Å². The summed E-state index contributed by atoms with van der Waals surface area (Å²) >= 11 is 0. The van der Waals surface area contributed by atoms with Crippen LogP contribution in [-0.2, 0) is 0 Å². The smallest absolute Gasteiger partial charge is 0.270 e. The first-order chi connectivity index (χ1) is 14.5. The summed E-state index contributed by atoms with van der Waals surface area (Å²) in [5, 5.41) is 5.52. The molecule has 7 nitrogen and oxygen atoms in total. The monoisotopic (exact) mass is 405 g/mol. The molecular formula is C23H27N5O2. The molecule has 156 valence electrons. The fourth-order valence-corrected chi connectivity index (χ4v) is 4.65. The van der Waals surface area contributed by atoms with Crippen LogP contribution in [0.25, 0.3) is 10.9 Å². The molecule has 1 aromatic carbocycles. The van der Waals surface area contributed by atoms with Gasteiger partial charge in [-0.25, -0.2) is 4.68 Å². The van der Waals surface area contributed by atoms with Crippen molar-refractivity contribution in [3.63, 3.8) is 0 Å². The highest BCUT2D eigenvalue weighted by Gasteiger charge is 2.28. The number of hydrogen-bond acceptors (Lipinski definition) is 4. The van der Waals surface area contributed by atoms with Gasteiger partial charge in [-0.2, -0.15) is 5.10 Å². The highest BCUT2D eigenvalue weighted by Crippen LogP contribution is 2.25. The number of nitrogens with zero attached hydrogens (tertiary/aromatic N) is 4. The SMILES string of the molecule is Cc1cc(C)c2cc(C(=O)N3CCC[C@H](n4ncc(N5CCC5)cc4=O)C3)[nH]c2c1. The fraction of sp³-hybridized carbons (Fsp3) is 0.435. The van der Waals surface area contributed by atoms with Crippen molar-refractivity contribution >= 4 is 22.5 Å². The van der Waals surface area contributed by atoms with E-state index in [2.05, 4.69) is 41.0 Å². The van der Waals surface area contributed by atoms with Gasteiger partial charge in [0.25, 0.3) is 11.5 Å². The zero-order valence-corrected chi connectivity index (χ0v) is 17.5. The Balaban J connectivity index is 1.37. The number of nitrogens with one attached hydrogen (secondary N) is 1. The van der Waals surface area contributed by atoms with E-state index < -0.39 is 0 Å². The molecule has 0 saturated carbocycles. The molecule has 7 heteroatoms. The largest absolute Gasteiger partial charge is 0.370 e. The molecule has 5 rings (SSSR count). The summed E-state index contributed by atoms with van der Waals surface area (Å²) < 4.78 is 1.56. The predicted octanol–water partition coefficient (Wildman–Crippen LogP) is 3.03. The van der Waals surface area contributed by atoms with Crippen LogP contribution < -0.4 is 10.5 Å². The number of fused-ring (bicyclic) bond motifs is 1. The third kappa shape index (κ3) is 3.28. The topological polar surface area (TPSA) is 74.2 Å². The van der Waals surface area contributed by atoms with Gasteiger partial charge in [0.05, 0.1) is 17.9 Å². The van der Waals surface area contributed by atoms with E-state index in [1.807, 2.05) is 11.0 Å². The lowest BCUT2D eigenvalue weighted by atomic mass is 10.1. The summed E-state index contributed by atoms with van der Waals surface area (Å²) in [5.74, 6) is -0.0156. The van der Waals surface area contributed by atoms with Crippen LogP contribution in [0.15, 0.2) is 35.3 Å². The first-order valence-corrected chi connectivity index (χ1v) is 10.7. The maximum atomic E-state index is 13.2. The molecule has 1 N–H and O–H groups in total. The lowest BCUT2D eigenvalue weighted by Crippen LogP contribution is -2.44. The van der Waals surface area contributed by atoms with Gasteiger partial charge in [-0.15, -0.1) is 0 Å². The lowest BCUT2D eigenvalue weighted by Gasteiger charge is -2.34. The Hall–Kier alpha value is -3.09. The first kappa shape index (κ1) is 18.9. The van der Waals surface area contributed by atoms with Gasteiger partial charge >= 0.3 is 0 Å². The van der Waals surface area contributed by atoms with Crippen molar-refractivity contribution in [2.75, 3.05) is 31.1 Å². The maximum absolute atomic E-state index is 13.2. The van der Waals surface area contributed by atoms with Gasteiger partial charge in [0.15, 0.2) is 0 Å². The van der Waals surface area contributed by atoms with Crippen molar-refractivity contribution in [2.45, 2.75) is 39.2 Å². The van der Waals surface area contributed by atoms with Crippen molar-refractivity contribution in [3.05, 3.63) is 57.6 Å². The number of rotatable bonds is 3.